The Balaban J connectivity index is 1.59. The first-order valence-electron chi connectivity index (χ1n) is 9.29. The number of rotatable bonds is 3. The van der Waals surface area contributed by atoms with Crippen molar-refractivity contribution in [3.63, 3.8) is 0 Å². The standard InChI is InChI=1S/C21H20N2O5S/c1-23(15-9-5-7-12-6-3-4-8-13(12)15)21(26)22-18-11-16-17(29-18)10-14(19(24)27-2)20(25)28-16/h5,7,9-11H,3-4,6,8H2,1-2H3,(H,22,26). The van der Waals surface area contributed by atoms with Crippen molar-refractivity contribution in [2.75, 3.05) is 24.4 Å². The number of nitrogens with one attached hydrogen (secondary N) is 1. The van der Waals surface area contributed by atoms with E-state index in [0.717, 1.165) is 24.9 Å². The molecule has 0 radical (unpaired) electrons. The maximum absolute atomic E-state index is 12.8. The molecule has 1 N–H and O–H groups in total. The van der Waals surface area contributed by atoms with E-state index in [9.17, 15) is 14.4 Å². The van der Waals surface area contributed by atoms with Gasteiger partial charge in [0.15, 0.2) is 5.58 Å². The lowest BCUT2D eigenvalue weighted by molar-refractivity contribution is 0.0596. The number of nitrogens with zero attached hydrogens (tertiary/aromatic N) is 1. The summed E-state index contributed by atoms with van der Waals surface area (Å²) in [5, 5.41) is 3.37. The normalized spacial score (nSPS) is 13.0. The summed E-state index contributed by atoms with van der Waals surface area (Å²) in [5.74, 6) is -0.756. The van der Waals surface area contributed by atoms with E-state index in [2.05, 4.69) is 16.1 Å². The van der Waals surface area contributed by atoms with Crippen LogP contribution in [0.25, 0.3) is 10.3 Å². The number of hydrogen-bond donors (Lipinski definition) is 1. The van der Waals surface area contributed by atoms with Crippen LogP contribution in [0.2, 0.25) is 0 Å². The largest absolute Gasteiger partial charge is 0.465 e. The van der Waals surface area contributed by atoms with Crippen molar-refractivity contribution in [1.82, 2.24) is 0 Å². The molecule has 0 aliphatic heterocycles. The van der Waals surface area contributed by atoms with Crippen LogP contribution >= 0.6 is 11.3 Å². The van der Waals surface area contributed by atoms with Gasteiger partial charge in [-0.3, -0.25) is 10.2 Å². The Morgan fingerprint density at radius 1 is 1.21 bits per heavy atom. The molecule has 7 nitrogen and oxygen atoms in total. The SMILES string of the molecule is COC(=O)c1cc2sc(NC(=O)N(C)c3cccc4c3CCCC4)cc2oc1=O. The number of anilines is 2. The average Bonchev–Trinajstić information content (AvgIpc) is 3.12. The van der Waals surface area contributed by atoms with Gasteiger partial charge in [0.2, 0.25) is 0 Å². The van der Waals surface area contributed by atoms with Crippen LogP contribution in [0.4, 0.5) is 15.5 Å². The number of ether oxygens (including phenoxy) is 1. The van der Waals surface area contributed by atoms with E-state index in [4.69, 9.17) is 4.42 Å². The minimum absolute atomic E-state index is 0.173. The summed E-state index contributed by atoms with van der Waals surface area (Å²) >= 11 is 1.22. The van der Waals surface area contributed by atoms with E-state index < -0.39 is 11.6 Å². The Morgan fingerprint density at radius 3 is 2.79 bits per heavy atom. The zero-order chi connectivity index (χ0) is 20.5. The van der Waals surface area contributed by atoms with Gasteiger partial charge in [0, 0.05) is 18.8 Å². The molecule has 2 aromatic heterocycles. The first-order valence-corrected chi connectivity index (χ1v) is 10.1. The Morgan fingerprint density at radius 2 is 2.00 bits per heavy atom. The molecular formula is C21H20N2O5S. The lowest BCUT2D eigenvalue weighted by atomic mass is 9.90. The number of fused-ring (bicyclic) bond motifs is 2. The number of aryl methyl sites for hydroxylation is 1. The third-order valence-electron chi connectivity index (χ3n) is 5.10. The van der Waals surface area contributed by atoms with E-state index in [1.165, 1.54) is 42.1 Å². The molecule has 2 heterocycles. The average molecular weight is 412 g/mol. The van der Waals surface area contributed by atoms with Crippen molar-refractivity contribution >= 4 is 44.3 Å². The second kappa shape index (κ2) is 7.71. The first-order chi connectivity index (χ1) is 14.0. The fourth-order valence-electron chi connectivity index (χ4n) is 3.60. The van der Waals surface area contributed by atoms with E-state index in [-0.39, 0.29) is 11.6 Å². The van der Waals surface area contributed by atoms with Crippen molar-refractivity contribution in [3.05, 3.63) is 57.4 Å². The number of thiophene rings is 1. The minimum Gasteiger partial charge on any atom is -0.465 e. The highest BCUT2D eigenvalue weighted by Gasteiger charge is 2.20. The summed E-state index contributed by atoms with van der Waals surface area (Å²) in [4.78, 5) is 38.0. The Kier molecular flexibility index (Phi) is 5.10. The van der Waals surface area contributed by atoms with E-state index in [0.29, 0.717) is 15.3 Å². The molecule has 0 saturated heterocycles. The van der Waals surface area contributed by atoms with Gasteiger partial charge in [0.05, 0.1) is 11.8 Å². The van der Waals surface area contributed by atoms with Gasteiger partial charge >= 0.3 is 17.6 Å². The van der Waals surface area contributed by atoms with Crippen LogP contribution in [0, 0.1) is 0 Å². The van der Waals surface area contributed by atoms with Gasteiger partial charge in [-0.1, -0.05) is 12.1 Å². The fraction of sp³-hybridized carbons (Fsp3) is 0.286. The second-order valence-electron chi connectivity index (χ2n) is 6.89. The van der Waals surface area contributed by atoms with Crippen LogP contribution in [0.5, 0.6) is 0 Å². The van der Waals surface area contributed by atoms with Crippen LogP contribution in [0.3, 0.4) is 0 Å². The van der Waals surface area contributed by atoms with Gasteiger partial charge in [-0.15, -0.1) is 11.3 Å². The predicted octanol–water partition coefficient (Wildman–Crippen LogP) is 4.19. The molecule has 29 heavy (non-hydrogen) atoms. The summed E-state index contributed by atoms with van der Waals surface area (Å²) in [6.07, 6.45) is 4.30. The van der Waals surface area contributed by atoms with Crippen molar-refractivity contribution < 1.29 is 18.7 Å². The number of carbonyl (C=O) groups is 2. The van der Waals surface area contributed by atoms with Crippen molar-refractivity contribution in [2.45, 2.75) is 25.7 Å². The van der Waals surface area contributed by atoms with Gasteiger partial charge in [-0.2, -0.15) is 0 Å². The fourth-order valence-corrected chi connectivity index (χ4v) is 4.52. The summed E-state index contributed by atoms with van der Waals surface area (Å²) in [6, 6.07) is 8.77. The Hall–Kier alpha value is -3.13. The van der Waals surface area contributed by atoms with Crippen molar-refractivity contribution in [1.29, 1.82) is 0 Å². The summed E-state index contributed by atoms with van der Waals surface area (Å²) in [5.41, 5.74) is 2.79. The molecule has 1 aliphatic rings. The van der Waals surface area contributed by atoms with Gasteiger partial charge in [0.25, 0.3) is 0 Å². The van der Waals surface area contributed by atoms with Gasteiger partial charge < -0.3 is 9.15 Å². The number of hydrogen-bond acceptors (Lipinski definition) is 6. The number of benzene rings is 1. The lowest BCUT2D eigenvalue weighted by Crippen LogP contribution is -2.32. The lowest BCUT2D eigenvalue weighted by Gasteiger charge is -2.25. The number of esters is 1. The molecule has 0 atom stereocenters. The Labute approximate surface area is 170 Å². The number of amides is 2. The highest BCUT2D eigenvalue weighted by molar-refractivity contribution is 7.22. The van der Waals surface area contributed by atoms with Gasteiger partial charge in [-0.25, -0.2) is 14.4 Å². The van der Waals surface area contributed by atoms with Crippen LogP contribution < -0.4 is 15.8 Å². The number of urea groups is 1. The third kappa shape index (κ3) is 3.63. The molecule has 3 aromatic rings. The maximum Gasteiger partial charge on any atom is 0.351 e. The third-order valence-corrected chi connectivity index (χ3v) is 6.07. The monoisotopic (exact) mass is 412 g/mol. The quantitative estimate of drug-likeness (QED) is 0.652. The van der Waals surface area contributed by atoms with Crippen LogP contribution in [0.15, 0.2) is 39.5 Å². The molecule has 1 aliphatic carbocycles. The molecule has 0 unspecified atom stereocenters. The van der Waals surface area contributed by atoms with Crippen molar-refractivity contribution in [2.24, 2.45) is 0 Å². The highest BCUT2D eigenvalue weighted by Crippen LogP contribution is 2.32. The topological polar surface area (TPSA) is 88.8 Å². The molecule has 1 aromatic carbocycles. The molecule has 150 valence electrons. The molecule has 0 spiro atoms. The van der Waals surface area contributed by atoms with Crippen LogP contribution in [-0.2, 0) is 17.6 Å². The molecule has 0 fully saturated rings. The summed E-state index contributed by atoms with van der Waals surface area (Å²) in [7, 11) is 2.94. The van der Waals surface area contributed by atoms with Crippen molar-refractivity contribution in [3.8, 4) is 0 Å². The minimum atomic E-state index is -0.770. The molecular weight excluding hydrogens is 392 g/mol. The zero-order valence-electron chi connectivity index (χ0n) is 16.1. The second-order valence-corrected chi connectivity index (χ2v) is 7.97. The van der Waals surface area contributed by atoms with Crippen LogP contribution in [-0.4, -0.2) is 26.2 Å². The van der Waals surface area contributed by atoms with Crippen LogP contribution in [0.1, 0.15) is 34.3 Å². The zero-order valence-corrected chi connectivity index (χ0v) is 16.9. The van der Waals surface area contributed by atoms with Gasteiger partial charge in [-0.05, 0) is 48.9 Å². The number of methoxy groups -OCH3 is 1. The van der Waals surface area contributed by atoms with Gasteiger partial charge in [0.1, 0.15) is 10.6 Å². The summed E-state index contributed by atoms with van der Waals surface area (Å²) < 4.78 is 10.3. The molecule has 4 rings (SSSR count). The molecule has 0 bridgehead atoms. The highest BCUT2D eigenvalue weighted by atomic mass is 32.1. The Bertz CT molecular complexity index is 1160. The number of carbonyl (C=O) groups excluding carboxylic acids is 2. The smallest absolute Gasteiger partial charge is 0.351 e. The maximum atomic E-state index is 12.8. The van der Waals surface area contributed by atoms with E-state index in [1.807, 2.05) is 12.1 Å². The van der Waals surface area contributed by atoms with E-state index >= 15 is 0 Å². The van der Waals surface area contributed by atoms with E-state index in [1.54, 1.807) is 18.0 Å². The molecule has 2 amide bonds. The first kappa shape index (κ1) is 19.2. The summed E-state index contributed by atoms with van der Waals surface area (Å²) in [6.45, 7) is 0. The predicted molar refractivity (Wildman–Crippen MR) is 112 cm³/mol. The molecule has 8 heteroatoms. The molecule has 0 saturated carbocycles.